The Hall–Kier alpha value is -0.337. The topological polar surface area (TPSA) is 0 Å². The molecule has 0 N–H and O–H groups in total. The molecule has 1 aliphatic heterocycles. The molecule has 0 aliphatic carbocycles. The first-order valence-electron chi connectivity index (χ1n) is 5.62. The average Bonchev–Trinajstić information content (AvgIpc) is 2.11. The minimum absolute atomic E-state index is 1.10. The van der Waals surface area contributed by atoms with Gasteiger partial charge >= 0.3 is 91.1 Å². The van der Waals surface area contributed by atoms with E-state index in [0.29, 0.717) is 0 Å². The Morgan fingerprint density at radius 2 is 1.21 bits per heavy atom. The Morgan fingerprint density at radius 1 is 0.714 bits per heavy atom. The maximum absolute atomic E-state index is 3.36. The first kappa shape index (κ1) is 11.7. The predicted octanol–water partition coefficient (Wildman–Crippen LogP) is 3.67. The van der Waals surface area contributed by atoms with E-state index >= 15 is 0 Å². The van der Waals surface area contributed by atoms with E-state index in [2.05, 4.69) is 35.2 Å². The molecule has 0 aromatic rings. The zero-order chi connectivity index (χ0) is 10.3. The third-order valence-electron chi connectivity index (χ3n) is 2.49. The molecule has 0 aromatic carbocycles. The molecule has 0 spiro atoms. The van der Waals surface area contributed by atoms with Crippen LogP contribution in [0.5, 0.6) is 0 Å². The molecule has 0 amide bonds. The van der Waals surface area contributed by atoms with Crippen molar-refractivity contribution in [3.63, 3.8) is 0 Å². The molecule has 0 nitrogen and oxygen atoms in total. The van der Waals surface area contributed by atoms with Gasteiger partial charge in [-0.15, -0.1) is 0 Å². The standard InChI is InChI=1S/C13H20Ge/c1-14(2)12-10-8-6-4-3-5-7-9-11-13-14/h3-7,12-13H2,1-2H3. The summed E-state index contributed by atoms with van der Waals surface area (Å²) >= 11 is -1.60. The summed E-state index contributed by atoms with van der Waals surface area (Å²) in [7, 11) is 0. The fourth-order valence-corrected chi connectivity index (χ4v) is 4.24. The van der Waals surface area contributed by atoms with E-state index in [0.717, 1.165) is 12.8 Å². The SMILES string of the molecule is [CH3][Ge]1([CH3])[CH2]C#CCCCCCC#C[CH2]1. The molecular weight excluding hydrogens is 229 g/mol. The van der Waals surface area contributed by atoms with Crippen molar-refractivity contribution in [1.29, 1.82) is 0 Å². The van der Waals surface area contributed by atoms with Gasteiger partial charge in [0.15, 0.2) is 0 Å². The summed E-state index contributed by atoms with van der Waals surface area (Å²) in [4.78, 5) is 0. The van der Waals surface area contributed by atoms with Crippen LogP contribution in [0.25, 0.3) is 0 Å². The zero-order valence-electron chi connectivity index (χ0n) is 9.45. The van der Waals surface area contributed by atoms with Crippen molar-refractivity contribution < 1.29 is 0 Å². The number of rotatable bonds is 0. The Kier molecular flexibility index (Phi) is 5.20. The van der Waals surface area contributed by atoms with Gasteiger partial charge in [-0.05, 0) is 0 Å². The first-order chi connectivity index (χ1) is 6.71. The molecule has 1 aliphatic rings. The summed E-state index contributed by atoms with van der Waals surface area (Å²) in [6.07, 6.45) is 6.04. The van der Waals surface area contributed by atoms with E-state index in [4.69, 9.17) is 0 Å². The average molecular weight is 249 g/mol. The van der Waals surface area contributed by atoms with Crippen LogP contribution in [-0.2, 0) is 0 Å². The summed E-state index contributed by atoms with van der Waals surface area (Å²) in [5.41, 5.74) is 0. The molecular formula is C13H20Ge. The first-order valence-corrected chi connectivity index (χ1v) is 12.8. The third kappa shape index (κ3) is 5.41. The van der Waals surface area contributed by atoms with Gasteiger partial charge in [-0.25, -0.2) is 0 Å². The molecule has 0 fully saturated rings. The maximum atomic E-state index is 3.36. The van der Waals surface area contributed by atoms with Gasteiger partial charge in [0, 0.05) is 0 Å². The fraction of sp³-hybridized carbons (Fsp3) is 0.692. The van der Waals surface area contributed by atoms with Crippen LogP contribution in [0.15, 0.2) is 0 Å². The minimum atomic E-state index is -1.60. The van der Waals surface area contributed by atoms with Gasteiger partial charge in [0.05, 0.1) is 0 Å². The zero-order valence-corrected chi connectivity index (χ0v) is 11.5. The molecule has 1 heterocycles. The van der Waals surface area contributed by atoms with Crippen molar-refractivity contribution in [3.8, 4) is 23.7 Å². The van der Waals surface area contributed by atoms with Crippen LogP contribution in [0.3, 0.4) is 0 Å². The van der Waals surface area contributed by atoms with Crippen molar-refractivity contribution >= 4 is 13.3 Å². The van der Waals surface area contributed by atoms with Crippen LogP contribution in [-0.4, -0.2) is 13.3 Å². The fourth-order valence-electron chi connectivity index (χ4n) is 1.45. The monoisotopic (exact) mass is 250 g/mol. The van der Waals surface area contributed by atoms with Crippen molar-refractivity contribution in [2.45, 2.75) is 54.1 Å². The van der Waals surface area contributed by atoms with Gasteiger partial charge in [0.1, 0.15) is 0 Å². The second kappa shape index (κ2) is 6.20. The summed E-state index contributed by atoms with van der Waals surface area (Å²) in [5.74, 6) is 18.2. The number of hydrogen-bond donors (Lipinski definition) is 0. The summed E-state index contributed by atoms with van der Waals surface area (Å²) in [6, 6.07) is 0. The van der Waals surface area contributed by atoms with Crippen LogP contribution >= 0.6 is 0 Å². The molecule has 0 unspecified atom stereocenters. The van der Waals surface area contributed by atoms with E-state index in [1.54, 1.807) is 0 Å². The quantitative estimate of drug-likeness (QED) is 0.453. The van der Waals surface area contributed by atoms with E-state index in [1.165, 1.54) is 29.8 Å². The molecule has 1 heteroatoms. The number of hydrogen-bond acceptors (Lipinski definition) is 0. The van der Waals surface area contributed by atoms with Crippen molar-refractivity contribution in [2.75, 3.05) is 0 Å². The normalized spacial score (nSPS) is 21.6. The van der Waals surface area contributed by atoms with E-state index in [1.807, 2.05) is 0 Å². The Labute approximate surface area is 91.2 Å². The van der Waals surface area contributed by atoms with Crippen molar-refractivity contribution in [2.24, 2.45) is 0 Å². The molecule has 0 bridgehead atoms. The van der Waals surface area contributed by atoms with Gasteiger partial charge in [-0.3, -0.25) is 0 Å². The second-order valence-corrected chi connectivity index (χ2v) is 15.4. The van der Waals surface area contributed by atoms with E-state index in [-0.39, 0.29) is 0 Å². The third-order valence-corrected chi connectivity index (χ3v) is 7.25. The van der Waals surface area contributed by atoms with Gasteiger partial charge < -0.3 is 0 Å². The molecule has 1 rings (SSSR count). The van der Waals surface area contributed by atoms with E-state index in [9.17, 15) is 0 Å². The molecule has 14 heavy (non-hydrogen) atoms. The van der Waals surface area contributed by atoms with Gasteiger partial charge in [0.25, 0.3) is 0 Å². The molecule has 0 radical (unpaired) electrons. The van der Waals surface area contributed by atoms with E-state index < -0.39 is 13.3 Å². The van der Waals surface area contributed by atoms with Crippen LogP contribution in [0.2, 0.25) is 22.0 Å². The van der Waals surface area contributed by atoms with Crippen LogP contribution in [0.1, 0.15) is 32.1 Å². The van der Waals surface area contributed by atoms with Crippen LogP contribution in [0.4, 0.5) is 0 Å². The summed E-state index contributed by atoms with van der Waals surface area (Å²) in [5, 5.41) is 2.35. The summed E-state index contributed by atoms with van der Waals surface area (Å²) in [6.45, 7) is 0. The molecule has 76 valence electrons. The predicted molar refractivity (Wildman–Crippen MR) is 65.7 cm³/mol. The van der Waals surface area contributed by atoms with Gasteiger partial charge in [-0.2, -0.15) is 0 Å². The van der Waals surface area contributed by atoms with Crippen molar-refractivity contribution in [1.82, 2.24) is 0 Å². The van der Waals surface area contributed by atoms with Crippen molar-refractivity contribution in [3.05, 3.63) is 0 Å². The van der Waals surface area contributed by atoms with Gasteiger partial charge in [0.2, 0.25) is 0 Å². The summed E-state index contributed by atoms with van der Waals surface area (Å²) < 4.78 is 0. The molecule has 0 atom stereocenters. The van der Waals surface area contributed by atoms with Crippen LogP contribution < -0.4 is 0 Å². The Balaban J connectivity index is 2.53. The van der Waals surface area contributed by atoms with Gasteiger partial charge in [-0.1, -0.05) is 0 Å². The Morgan fingerprint density at radius 3 is 1.71 bits per heavy atom. The molecule has 0 saturated heterocycles. The second-order valence-electron chi connectivity index (χ2n) is 4.79. The van der Waals surface area contributed by atoms with Crippen LogP contribution in [0, 0.1) is 23.7 Å². The molecule has 0 aromatic heterocycles. The Bertz CT molecular complexity index is 252. The molecule has 0 saturated carbocycles.